The quantitative estimate of drug-likeness (QED) is 0.283. The van der Waals surface area contributed by atoms with Crippen molar-refractivity contribution < 1.29 is 18.0 Å². The molecule has 4 aromatic rings. The van der Waals surface area contributed by atoms with E-state index < -0.39 is 16.1 Å². The van der Waals surface area contributed by atoms with Gasteiger partial charge in [-0.3, -0.25) is 10.1 Å². The van der Waals surface area contributed by atoms with Crippen LogP contribution in [0.2, 0.25) is 5.02 Å². The van der Waals surface area contributed by atoms with Crippen molar-refractivity contribution in [2.24, 2.45) is 0 Å². The second kappa shape index (κ2) is 12.3. The molecule has 0 bridgehead atoms. The molecular formula is C27H23ClN6O4S. The lowest BCUT2D eigenvalue weighted by molar-refractivity contribution is -0.120. The van der Waals surface area contributed by atoms with Gasteiger partial charge in [0.1, 0.15) is 11.6 Å². The largest absolute Gasteiger partial charge is 0.355 e. The third-order valence-corrected chi connectivity index (χ3v) is 7.16. The van der Waals surface area contributed by atoms with Crippen LogP contribution >= 0.6 is 11.6 Å². The lowest BCUT2D eigenvalue weighted by Gasteiger charge is -2.11. The molecule has 1 aromatic heterocycles. The number of carbonyl (C=O) groups is 2. The van der Waals surface area contributed by atoms with E-state index in [1.807, 2.05) is 41.1 Å². The third-order valence-electron chi connectivity index (χ3n) is 5.56. The molecule has 3 N–H and O–H groups in total. The van der Waals surface area contributed by atoms with E-state index in [1.54, 1.807) is 30.3 Å². The first-order valence-corrected chi connectivity index (χ1v) is 13.6. The first-order valence-electron chi connectivity index (χ1n) is 11.7. The SMILES string of the molecule is N#Cc1c(CC(=O)NCCc2ccccc2)nn(-c2ccccc2)c1NC(=O)NS(=O)(=O)c1ccc(Cl)cc1. The van der Waals surface area contributed by atoms with Gasteiger partial charge in [0.15, 0.2) is 5.82 Å². The Kier molecular flexibility index (Phi) is 8.60. The van der Waals surface area contributed by atoms with E-state index >= 15 is 0 Å². The Bertz CT molecular complexity index is 1620. The summed E-state index contributed by atoms with van der Waals surface area (Å²) in [5.41, 5.74) is 1.60. The van der Waals surface area contributed by atoms with Crippen molar-refractivity contribution in [3.8, 4) is 11.8 Å². The van der Waals surface area contributed by atoms with Gasteiger partial charge in [-0.1, -0.05) is 60.1 Å². The molecule has 0 atom stereocenters. The maximum absolute atomic E-state index is 12.8. The zero-order valence-electron chi connectivity index (χ0n) is 20.5. The molecule has 0 spiro atoms. The molecule has 10 nitrogen and oxygen atoms in total. The van der Waals surface area contributed by atoms with Crippen molar-refractivity contribution in [3.63, 3.8) is 0 Å². The topological polar surface area (TPSA) is 146 Å². The number of sulfonamides is 1. The van der Waals surface area contributed by atoms with E-state index in [-0.39, 0.29) is 34.3 Å². The second-order valence-corrected chi connectivity index (χ2v) is 10.4. The van der Waals surface area contributed by atoms with E-state index in [9.17, 15) is 23.3 Å². The predicted molar refractivity (Wildman–Crippen MR) is 146 cm³/mol. The minimum absolute atomic E-state index is 0.0731. The second-order valence-electron chi connectivity index (χ2n) is 8.31. The van der Waals surface area contributed by atoms with E-state index in [2.05, 4.69) is 15.7 Å². The minimum Gasteiger partial charge on any atom is -0.355 e. The van der Waals surface area contributed by atoms with Crippen molar-refractivity contribution in [1.82, 2.24) is 19.8 Å². The Morgan fingerprint density at radius 1 is 0.949 bits per heavy atom. The van der Waals surface area contributed by atoms with Crippen LogP contribution in [-0.2, 0) is 27.7 Å². The smallest absolute Gasteiger partial charge is 0.334 e. The van der Waals surface area contributed by atoms with Gasteiger partial charge in [-0.25, -0.2) is 22.6 Å². The molecule has 3 aromatic carbocycles. The average molecular weight is 563 g/mol. The van der Waals surface area contributed by atoms with Crippen LogP contribution in [-0.4, -0.2) is 36.7 Å². The van der Waals surface area contributed by atoms with Gasteiger partial charge in [-0.05, 0) is 48.4 Å². The summed E-state index contributed by atoms with van der Waals surface area (Å²) in [6.45, 7) is 0.389. The van der Waals surface area contributed by atoms with Crippen LogP contribution in [0, 0.1) is 11.3 Å². The Morgan fingerprint density at radius 2 is 1.59 bits per heavy atom. The first kappa shape index (κ1) is 27.4. The van der Waals surface area contributed by atoms with Crippen LogP contribution in [0.3, 0.4) is 0 Å². The van der Waals surface area contributed by atoms with Crippen molar-refractivity contribution in [2.75, 3.05) is 11.9 Å². The van der Waals surface area contributed by atoms with E-state index in [0.29, 0.717) is 23.7 Å². The number of hydrogen-bond donors (Lipinski definition) is 3. The summed E-state index contributed by atoms with van der Waals surface area (Å²) in [5.74, 6) is -0.443. The fraction of sp³-hybridized carbons (Fsp3) is 0.111. The normalized spacial score (nSPS) is 10.9. The summed E-state index contributed by atoms with van der Waals surface area (Å²) >= 11 is 5.81. The number of rotatable bonds is 9. The molecule has 0 fully saturated rings. The number of hydrogen-bond acceptors (Lipinski definition) is 6. The molecule has 0 aliphatic carbocycles. The van der Waals surface area contributed by atoms with Gasteiger partial charge in [0.05, 0.1) is 22.7 Å². The first-order chi connectivity index (χ1) is 18.8. The molecule has 4 rings (SSSR count). The maximum Gasteiger partial charge on any atom is 0.334 e. The molecule has 39 heavy (non-hydrogen) atoms. The monoisotopic (exact) mass is 562 g/mol. The van der Waals surface area contributed by atoms with Crippen LogP contribution in [0.4, 0.5) is 10.6 Å². The highest BCUT2D eigenvalue weighted by molar-refractivity contribution is 7.90. The van der Waals surface area contributed by atoms with Crippen molar-refractivity contribution in [3.05, 3.63) is 107 Å². The fourth-order valence-corrected chi connectivity index (χ4v) is 4.74. The van der Waals surface area contributed by atoms with Gasteiger partial charge in [-0.2, -0.15) is 10.4 Å². The number of nitriles is 1. The van der Waals surface area contributed by atoms with Gasteiger partial charge < -0.3 is 5.32 Å². The van der Waals surface area contributed by atoms with Crippen LogP contribution in [0.5, 0.6) is 0 Å². The summed E-state index contributed by atoms with van der Waals surface area (Å²) in [4.78, 5) is 25.3. The number of amides is 3. The van der Waals surface area contributed by atoms with Crippen LogP contribution < -0.4 is 15.4 Å². The van der Waals surface area contributed by atoms with Crippen LogP contribution in [0.1, 0.15) is 16.8 Å². The van der Waals surface area contributed by atoms with Gasteiger partial charge in [-0.15, -0.1) is 0 Å². The Morgan fingerprint density at radius 3 is 2.23 bits per heavy atom. The molecule has 0 saturated heterocycles. The average Bonchev–Trinajstić information content (AvgIpc) is 3.25. The maximum atomic E-state index is 12.8. The summed E-state index contributed by atoms with van der Waals surface area (Å²) in [6, 6.07) is 24.4. The molecule has 0 radical (unpaired) electrons. The molecular weight excluding hydrogens is 540 g/mol. The summed E-state index contributed by atoms with van der Waals surface area (Å²) in [6.07, 6.45) is 0.405. The fourth-order valence-electron chi connectivity index (χ4n) is 3.71. The Labute approximate surface area is 230 Å². The zero-order valence-corrected chi connectivity index (χ0v) is 22.0. The number of aromatic nitrogens is 2. The number of carbonyl (C=O) groups excluding carboxylic acids is 2. The van der Waals surface area contributed by atoms with Crippen LogP contribution in [0.25, 0.3) is 5.69 Å². The highest BCUT2D eigenvalue weighted by atomic mass is 35.5. The Balaban J connectivity index is 1.55. The Hall–Kier alpha value is -4.66. The van der Waals surface area contributed by atoms with Gasteiger partial charge >= 0.3 is 6.03 Å². The lowest BCUT2D eigenvalue weighted by atomic mass is 10.1. The summed E-state index contributed by atoms with van der Waals surface area (Å²) in [5, 5.41) is 19.9. The predicted octanol–water partition coefficient (Wildman–Crippen LogP) is 3.81. The number of nitrogens with one attached hydrogen (secondary N) is 3. The summed E-state index contributed by atoms with van der Waals surface area (Å²) < 4.78 is 28.5. The molecule has 3 amide bonds. The lowest BCUT2D eigenvalue weighted by Crippen LogP contribution is -2.35. The minimum atomic E-state index is -4.24. The third kappa shape index (κ3) is 7.01. The molecule has 198 valence electrons. The van der Waals surface area contributed by atoms with E-state index in [1.165, 1.54) is 28.9 Å². The van der Waals surface area contributed by atoms with Gasteiger partial charge in [0.2, 0.25) is 5.91 Å². The number of halogens is 1. The highest BCUT2D eigenvalue weighted by Gasteiger charge is 2.25. The number of urea groups is 1. The van der Waals surface area contributed by atoms with Crippen molar-refractivity contribution in [2.45, 2.75) is 17.7 Å². The number of benzene rings is 3. The molecule has 0 unspecified atom stereocenters. The van der Waals surface area contributed by atoms with Crippen LogP contribution in [0.15, 0.2) is 89.8 Å². The van der Waals surface area contributed by atoms with E-state index in [4.69, 9.17) is 11.6 Å². The van der Waals surface area contributed by atoms with Crippen molar-refractivity contribution in [1.29, 1.82) is 5.26 Å². The standard InChI is InChI=1S/C27H23ClN6O4S/c28-20-11-13-22(14-12-20)39(37,38)33-27(36)31-26-23(18-29)24(32-34(26)21-9-5-2-6-10-21)17-25(35)30-16-15-19-7-3-1-4-8-19/h1-14H,15-17H2,(H,30,35)(H2,31,33,36). The number of para-hydroxylation sites is 1. The highest BCUT2D eigenvalue weighted by Crippen LogP contribution is 2.24. The summed E-state index contributed by atoms with van der Waals surface area (Å²) in [7, 11) is -4.24. The van der Waals surface area contributed by atoms with Gasteiger partial charge in [0.25, 0.3) is 10.0 Å². The zero-order chi connectivity index (χ0) is 27.8. The molecule has 0 saturated carbocycles. The molecule has 0 aliphatic heterocycles. The van der Waals surface area contributed by atoms with Gasteiger partial charge in [0, 0.05) is 11.6 Å². The number of anilines is 1. The number of nitrogens with zero attached hydrogens (tertiary/aromatic N) is 3. The van der Waals surface area contributed by atoms with Crippen molar-refractivity contribution >= 4 is 39.4 Å². The van der Waals surface area contributed by atoms with E-state index in [0.717, 1.165) is 5.56 Å². The molecule has 1 heterocycles. The molecule has 0 aliphatic rings. The molecule has 12 heteroatoms.